The van der Waals surface area contributed by atoms with Gasteiger partial charge in [0.05, 0.1) is 5.02 Å². The Morgan fingerprint density at radius 3 is 2.67 bits per heavy atom. The molecule has 1 heterocycles. The van der Waals surface area contributed by atoms with E-state index in [0.29, 0.717) is 17.5 Å². The lowest BCUT2D eigenvalue weighted by Gasteiger charge is -2.06. The summed E-state index contributed by atoms with van der Waals surface area (Å²) in [7, 11) is 0. The third kappa shape index (κ3) is 3.46. The van der Waals surface area contributed by atoms with Gasteiger partial charge in [0.2, 0.25) is 0 Å². The van der Waals surface area contributed by atoms with E-state index < -0.39 is 11.7 Å². The summed E-state index contributed by atoms with van der Waals surface area (Å²) in [5.41, 5.74) is 0.574. The molecule has 0 unspecified atom stereocenters. The number of nitrogens with zero attached hydrogens (tertiary/aromatic N) is 2. The smallest absolute Gasteiger partial charge is 0.276 e. The number of amides is 1. The van der Waals surface area contributed by atoms with Gasteiger partial charge in [0.15, 0.2) is 5.69 Å². The normalized spacial score (nSPS) is 13.8. The lowest BCUT2D eigenvalue weighted by Crippen LogP contribution is -2.15. The summed E-state index contributed by atoms with van der Waals surface area (Å²) in [6.45, 7) is 0. The van der Waals surface area contributed by atoms with Gasteiger partial charge in [-0.05, 0) is 43.2 Å². The molecule has 3 rings (SSSR count). The first-order valence-electron chi connectivity index (χ1n) is 6.48. The van der Waals surface area contributed by atoms with E-state index in [9.17, 15) is 9.18 Å². The van der Waals surface area contributed by atoms with E-state index in [-0.39, 0.29) is 10.7 Å². The number of aromatic nitrogens is 2. The van der Waals surface area contributed by atoms with E-state index in [1.165, 1.54) is 18.2 Å². The standard InChI is InChI=1S/C14H12ClFN4O/c15-10-7-9(3-4-11(10)16)18-14(21)12-5-6-13(20-19-12)17-8-1-2-8/h3-8H,1-2H2,(H,17,20)(H,18,21). The van der Waals surface area contributed by atoms with Gasteiger partial charge in [-0.2, -0.15) is 0 Å². The molecule has 0 aliphatic heterocycles. The Hall–Kier alpha value is -2.21. The van der Waals surface area contributed by atoms with E-state index in [0.717, 1.165) is 12.8 Å². The van der Waals surface area contributed by atoms with Crippen molar-refractivity contribution in [2.24, 2.45) is 0 Å². The summed E-state index contributed by atoms with van der Waals surface area (Å²) in [6, 6.07) is 7.71. The van der Waals surface area contributed by atoms with Gasteiger partial charge in [0.25, 0.3) is 5.91 Å². The molecule has 0 saturated heterocycles. The zero-order valence-electron chi connectivity index (χ0n) is 10.9. The van der Waals surface area contributed by atoms with Crippen molar-refractivity contribution in [3.05, 3.63) is 46.9 Å². The molecule has 0 spiro atoms. The number of carbonyl (C=O) groups excluding carboxylic acids is 1. The van der Waals surface area contributed by atoms with Crippen molar-refractivity contribution in [2.75, 3.05) is 10.6 Å². The molecular formula is C14H12ClFN4O. The van der Waals surface area contributed by atoms with Crippen molar-refractivity contribution in [3.63, 3.8) is 0 Å². The van der Waals surface area contributed by atoms with Crippen LogP contribution >= 0.6 is 11.6 Å². The first-order chi connectivity index (χ1) is 10.1. The molecule has 7 heteroatoms. The zero-order chi connectivity index (χ0) is 14.8. The number of hydrogen-bond acceptors (Lipinski definition) is 4. The molecule has 1 fully saturated rings. The molecule has 0 radical (unpaired) electrons. The summed E-state index contributed by atoms with van der Waals surface area (Å²) in [6.07, 6.45) is 2.27. The first kappa shape index (κ1) is 13.8. The van der Waals surface area contributed by atoms with E-state index >= 15 is 0 Å². The number of nitrogens with one attached hydrogen (secondary N) is 2. The van der Waals surface area contributed by atoms with Gasteiger partial charge in [0.1, 0.15) is 11.6 Å². The van der Waals surface area contributed by atoms with Crippen LogP contribution in [-0.4, -0.2) is 22.1 Å². The molecule has 1 amide bonds. The lowest BCUT2D eigenvalue weighted by molar-refractivity contribution is 0.102. The maximum absolute atomic E-state index is 13.0. The van der Waals surface area contributed by atoms with E-state index in [4.69, 9.17) is 11.6 Å². The lowest BCUT2D eigenvalue weighted by atomic mass is 10.3. The fourth-order valence-corrected chi connectivity index (χ4v) is 1.92. The van der Waals surface area contributed by atoms with E-state index in [2.05, 4.69) is 20.8 Å². The van der Waals surface area contributed by atoms with Crippen molar-refractivity contribution in [1.82, 2.24) is 10.2 Å². The number of anilines is 2. The monoisotopic (exact) mass is 306 g/mol. The second kappa shape index (κ2) is 5.65. The Morgan fingerprint density at radius 1 is 1.24 bits per heavy atom. The summed E-state index contributed by atoms with van der Waals surface area (Å²) >= 11 is 5.66. The quantitative estimate of drug-likeness (QED) is 0.911. The maximum Gasteiger partial charge on any atom is 0.276 e. The van der Waals surface area contributed by atoms with Crippen molar-refractivity contribution < 1.29 is 9.18 Å². The van der Waals surface area contributed by atoms with Crippen molar-refractivity contribution in [2.45, 2.75) is 18.9 Å². The van der Waals surface area contributed by atoms with Crippen LogP contribution in [0.4, 0.5) is 15.9 Å². The van der Waals surface area contributed by atoms with Gasteiger partial charge in [-0.15, -0.1) is 10.2 Å². The summed E-state index contributed by atoms with van der Waals surface area (Å²) in [4.78, 5) is 12.0. The summed E-state index contributed by atoms with van der Waals surface area (Å²) in [5.74, 6) is -0.313. The molecule has 0 atom stereocenters. The number of hydrogen-bond donors (Lipinski definition) is 2. The Bertz CT molecular complexity index is 673. The molecule has 2 aromatic rings. The predicted molar refractivity (Wildman–Crippen MR) is 78.0 cm³/mol. The minimum atomic E-state index is -0.537. The van der Waals surface area contributed by atoms with Crippen LogP contribution in [0.15, 0.2) is 30.3 Å². The molecule has 108 valence electrons. The van der Waals surface area contributed by atoms with Gasteiger partial charge in [0, 0.05) is 11.7 Å². The highest BCUT2D eigenvalue weighted by Crippen LogP contribution is 2.23. The average Bonchev–Trinajstić information content (AvgIpc) is 3.28. The Balaban J connectivity index is 1.67. The van der Waals surface area contributed by atoms with Crippen LogP contribution in [0.1, 0.15) is 23.3 Å². The fourth-order valence-electron chi connectivity index (χ4n) is 1.74. The molecule has 21 heavy (non-hydrogen) atoms. The van der Waals surface area contributed by atoms with Gasteiger partial charge in [-0.25, -0.2) is 4.39 Å². The predicted octanol–water partition coefficient (Wildman–Crippen LogP) is 3.10. The molecule has 1 saturated carbocycles. The zero-order valence-corrected chi connectivity index (χ0v) is 11.7. The fraction of sp³-hybridized carbons (Fsp3) is 0.214. The van der Waals surface area contributed by atoms with Gasteiger partial charge < -0.3 is 10.6 Å². The highest BCUT2D eigenvalue weighted by atomic mass is 35.5. The third-order valence-electron chi connectivity index (χ3n) is 3.00. The van der Waals surface area contributed by atoms with Gasteiger partial charge >= 0.3 is 0 Å². The molecule has 5 nitrogen and oxygen atoms in total. The Morgan fingerprint density at radius 2 is 2.05 bits per heavy atom. The number of carbonyl (C=O) groups is 1. The first-order valence-corrected chi connectivity index (χ1v) is 6.86. The minimum Gasteiger partial charge on any atom is -0.366 e. The second-order valence-corrected chi connectivity index (χ2v) is 5.21. The topological polar surface area (TPSA) is 66.9 Å². The van der Waals surface area contributed by atoms with Crippen LogP contribution in [0.2, 0.25) is 5.02 Å². The van der Waals surface area contributed by atoms with Gasteiger partial charge in [-0.3, -0.25) is 4.79 Å². The largest absolute Gasteiger partial charge is 0.366 e. The van der Waals surface area contributed by atoms with Crippen LogP contribution < -0.4 is 10.6 Å². The molecule has 1 aromatic heterocycles. The van der Waals surface area contributed by atoms with E-state index in [1.54, 1.807) is 12.1 Å². The second-order valence-electron chi connectivity index (χ2n) is 4.81. The molecule has 1 aliphatic carbocycles. The average molecular weight is 307 g/mol. The van der Waals surface area contributed by atoms with Crippen LogP contribution in [-0.2, 0) is 0 Å². The minimum absolute atomic E-state index is 0.0529. The van der Waals surface area contributed by atoms with Gasteiger partial charge in [-0.1, -0.05) is 11.6 Å². The number of rotatable bonds is 4. The van der Waals surface area contributed by atoms with Crippen LogP contribution in [0.3, 0.4) is 0 Å². The van der Waals surface area contributed by atoms with Crippen molar-refractivity contribution in [3.8, 4) is 0 Å². The SMILES string of the molecule is O=C(Nc1ccc(F)c(Cl)c1)c1ccc(NC2CC2)nn1. The molecule has 0 bridgehead atoms. The van der Waals surface area contributed by atoms with Crippen LogP contribution in [0.5, 0.6) is 0 Å². The summed E-state index contributed by atoms with van der Waals surface area (Å²) < 4.78 is 13.0. The molecule has 1 aromatic carbocycles. The molecule has 2 N–H and O–H groups in total. The highest BCUT2D eigenvalue weighted by molar-refractivity contribution is 6.31. The van der Waals surface area contributed by atoms with Crippen molar-refractivity contribution in [1.29, 1.82) is 0 Å². The number of benzene rings is 1. The maximum atomic E-state index is 13.0. The van der Waals surface area contributed by atoms with Crippen LogP contribution in [0, 0.1) is 5.82 Å². The molecular weight excluding hydrogens is 295 g/mol. The number of halogens is 2. The van der Waals surface area contributed by atoms with Crippen molar-refractivity contribution >= 4 is 29.0 Å². The Labute approximate surface area is 125 Å². The van der Waals surface area contributed by atoms with E-state index in [1.807, 2.05) is 0 Å². The summed E-state index contributed by atoms with van der Waals surface area (Å²) in [5, 5.41) is 13.5. The highest BCUT2D eigenvalue weighted by Gasteiger charge is 2.21. The third-order valence-corrected chi connectivity index (χ3v) is 3.29. The Kier molecular flexibility index (Phi) is 3.70. The molecule has 1 aliphatic rings. The van der Waals surface area contributed by atoms with Crippen LogP contribution in [0.25, 0.3) is 0 Å².